The van der Waals surface area contributed by atoms with Crippen LogP contribution in [0, 0.1) is 5.41 Å². The lowest BCUT2D eigenvalue weighted by molar-refractivity contribution is 0.373. The van der Waals surface area contributed by atoms with Gasteiger partial charge in [0, 0.05) is 16.5 Å². The molecule has 2 heterocycles. The topological polar surface area (TPSA) is 116 Å². The van der Waals surface area contributed by atoms with Gasteiger partial charge in [0.15, 0.2) is 11.9 Å². The molecule has 1 saturated carbocycles. The summed E-state index contributed by atoms with van der Waals surface area (Å²) < 4.78 is 16.9. The summed E-state index contributed by atoms with van der Waals surface area (Å²) in [5.41, 5.74) is 6.89. The van der Waals surface area contributed by atoms with E-state index in [-0.39, 0.29) is 11.4 Å². The second-order valence-corrected chi connectivity index (χ2v) is 5.50. The molecule has 1 atom stereocenters. The van der Waals surface area contributed by atoms with Gasteiger partial charge in [-0.2, -0.15) is 4.98 Å². The minimum Gasteiger partial charge on any atom is -0.368 e. The van der Waals surface area contributed by atoms with Crippen molar-refractivity contribution in [3.63, 3.8) is 0 Å². The lowest BCUT2D eigenvalue weighted by Crippen LogP contribution is -2.09. The predicted molar refractivity (Wildman–Crippen MR) is 71.5 cm³/mol. The average molecular weight is 294 g/mol. The van der Waals surface area contributed by atoms with Crippen molar-refractivity contribution in [3.05, 3.63) is 24.9 Å². The number of anilines is 1. The molecule has 1 aliphatic rings. The molecule has 3 rings (SSSR count). The van der Waals surface area contributed by atoms with E-state index in [1.165, 1.54) is 6.26 Å². The third-order valence-electron chi connectivity index (χ3n) is 3.33. The van der Waals surface area contributed by atoms with Gasteiger partial charge in [-0.25, -0.2) is 14.5 Å². The molecule has 0 bridgehead atoms. The van der Waals surface area contributed by atoms with Crippen molar-refractivity contribution in [3.8, 4) is 0 Å². The van der Waals surface area contributed by atoms with Gasteiger partial charge in [0.05, 0.1) is 12.5 Å². The Hall–Kier alpha value is -2.05. The maximum atomic E-state index is 10.5. The van der Waals surface area contributed by atoms with Crippen molar-refractivity contribution in [1.82, 2.24) is 19.5 Å². The van der Waals surface area contributed by atoms with E-state index in [4.69, 9.17) is 10.6 Å². The van der Waals surface area contributed by atoms with Crippen LogP contribution in [-0.4, -0.2) is 24.4 Å². The molecule has 1 aliphatic carbocycles. The van der Waals surface area contributed by atoms with Crippen LogP contribution in [0.4, 0.5) is 5.95 Å². The molecule has 8 nitrogen and oxygen atoms in total. The Labute approximate surface area is 115 Å². The van der Waals surface area contributed by atoms with Gasteiger partial charge in [-0.15, -0.1) is 4.89 Å². The molecule has 104 valence electrons. The first kappa shape index (κ1) is 13.0. The van der Waals surface area contributed by atoms with Gasteiger partial charge in [0.1, 0.15) is 5.52 Å². The Morgan fingerprint density at radius 3 is 3.05 bits per heavy atom. The van der Waals surface area contributed by atoms with Gasteiger partial charge in [0.2, 0.25) is 5.95 Å². The van der Waals surface area contributed by atoms with Crippen LogP contribution in [0.2, 0.25) is 0 Å². The summed E-state index contributed by atoms with van der Waals surface area (Å²) in [6.45, 7) is 0.669. The van der Waals surface area contributed by atoms with Crippen LogP contribution in [-0.2, 0) is 15.6 Å². The fourth-order valence-corrected chi connectivity index (χ4v) is 2.25. The molecule has 0 radical (unpaired) electrons. The van der Waals surface area contributed by atoms with Crippen LogP contribution < -0.4 is 5.73 Å². The van der Waals surface area contributed by atoms with Crippen LogP contribution in [0.15, 0.2) is 24.9 Å². The number of hydrogen-bond acceptors (Lipinski definition) is 6. The Bertz CT molecular complexity index is 694. The number of imidazole rings is 1. The van der Waals surface area contributed by atoms with Gasteiger partial charge in [-0.3, -0.25) is 0 Å². The Morgan fingerprint density at radius 1 is 1.55 bits per heavy atom. The molecule has 1 fully saturated rings. The smallest absolute Gasteiger partial charge is 0.368 e. The monoisotopic (exact) mass is 294 g/mol. The third kappa shape index (κ3) is 2.61. The molecule has 3 N–H and O–H groups in total. The second kappa shape index (κ2) is 4.81. The molecule has 0 saturated heterocycles. The zero-order chi connectivity index (χ0) is 14.2. The molecule has 0 aliphatic heterocycles. The maximum Gasteiger partial charge on any atom is 0.746 e. The van der Waals surface area contributed by atoms with Gasteiger partial charge in [0.25, 0.3) is 0 Å². The molecule has 2 aromatic rings. The van der Waals surface area contributed by atoms with E-state index in [2.05, 4.69) is 19.5 Å². The number of nitrogens with two attached hydrogens (primary N) is 1. The quantitative estimate of drug-likeness (QED) is 0.631. The molecular formula is C11H13N5O3P+. The van der Waals surface area contributed by atoms with Crippen molar-refractivity contribution in [2.45, 2.75) is 19.4 Å². The molecule has 20 heavy (non-hydrogen) atoms. The van der Waals surface area contributed by atoms with Gasteiger partial charge < -0.3 is 10.3 Å². The van der Waals surface area contributed by atoms with Crippen LogP contribution in [0.1, 0.15) is 12.8 Å². The first-order chi connectivity index (χ1) is 9.58. The summed E-state index contributed by atoms with van der Waals surface area (Å²) >= 11 is 0. The maximum absolute atomic E-state index is 10.5. The standard InChI is InChI=1S/C11H12N5O3P/c12-10-13-5-8-9(15-10)16(7-14-8)6-11(1-2-11)3-4-19-20(17)18/h3-5,7H,1-2,6H2,(H2-,12,13,15,17,18)/p+1. The summed E-state index contributed by atoms with van der Waals surface area (Å²) in [5, 5.41) is 0. The molecule has 0 spiro atoms. The number of hydrogen-bond donors (Lipinski definition) is 2. The van der Waals surface area contributed by atoms with Crippen molar-refractivity contribution in [2.75, 3.05) is 5.73 Å². The largest absolute Gasteiger partial charge is 0.746 e. The molecule has 1 unspecified atom stereocenters. The summed E-state index contributed by atoms with van der Waals surface area (Å²) in [5.74, 6) is 0.209. The normalized spacial score (nSPS) is 17.6. The zero-order valence-corrected chi connectivity index (χ0v) is 11.4. The number of nitrogens with zero attached hydrogens (tertiary/aromatic N) is 4. The third-order valence-corrected chi connectivity index (χ3v) is 3.63. The second-order valence-electron chi connectivity index (χ2n) is 4.82. The predicted octanol–water partition coefficient (Wildman–Crippen LogP) is 1.37. The van der Waals surface area contributed by atoms with Crippen LogP contribution in [0.3, 0.4) is 0 Å². The van der Waals surface area contributed by atoms with Crippen molar-refractivity contribution >= 4 is 25.4 Å². The average Bonchev–Trinajstić information content (AvgIpc) is 3.04. The van der Waals surface area contributed by atoms with Crippen LogP contribution in [0.5, 0.6) is 0 Å². The van der Waals surface area contributed by atoms with Gasteiger partial charge in [-0.1, -0.05) is 0 Å². The van der Waals surface area contributed by atoms with E-state index in [0.717, 1.165) is 12.8 Å². The minimum absolute atomic E-state index is 0.0707. The number of rotatable bonds is 5. The summed E-state index contributed by atoms with van der Waals surface area (Å²) in [4.78, 5) is 20.9. The van der Waals surface area contributed by atoms with E-state index in [1.54, 1.807) is 12.5 Å². The Morgan fingerprint density at radius 2 is 2.35 bits per heavy atom. The van der Waals surface area contributed by atoms with Crippen LogP contribution in [0.25, 0.3) is 11.2 Å². The zero-order valence-electron chi connectivity index (χ0n) is 10.5. The summed E-state index contributed by atoms with van der Waals surface area (Å²) in [6, 6.07) is 0. The van der Waals surface area contributed by atoms with E-state index in [1.807, 2.05) is 10.6 Å². The lowest BCUT2D eigenvalue weighted by Gasteiger charge is -2.10. The van der Waals surface area contributed by atoms with E-state index < -0.39 is 8.25 Å². The molecule has 0 amide bonds. The highest BCUT2D eigenvalue weighted by molar-refractivity contribution is 7.32. The summed E-state index contributed by atoms with van der Waals surface area (Å²) in [7, 11) is -2.60. The van der Waals surface area contributed by atoms with Gasteiger partial charge >= 0.3 is 8.25 Å². The van der Waals surface area contributed by atoms with Crippen LogP contribution >= 0.6 is 8.25 Å². The number of fused-ring (bicyclic) bond motifs is 1. The van der Waals surface area contributed by atoms with E-state index in [9.17, 15) is 4.57 Å². The van der Waals surface area contributed by atoms with Gasteiger partial charge in [-0.05, 0) is 18.9 Å². The summed E-state index contributed by atoms with van der Waals surface area (Å²) in [6.07, 6.45) is 8.34. The Kier molecular flexibility index (Phi) is 3.11. The first-order valence-electron chi connectivity index (χ1n) is 6.02. The number of aromatic nitrogens is 4. The number of allylic oxidation sites excluding steroid dienone is 1. The van der Waals surface area contributed by atoms with E-state index in [0.29, 0.717) is 17.7 Å². The highest BCUT2D eigenvalue weighted by atomic mass is 31.1. The molecule has 9 heteroatoms. The lowest BCUT2D eigenvalue weighted by atomic mass is 10.1. The minimum atomic E-state index is -2.60. The molecule has 0 aromatic carbocycles. The van der Waals surface area contributed by atoms with Crippen molar-refractivity contribution < 1.29 is 14.0 Å². The van der Waals surface area contributed by atoms with Crippen molar-refractivity contribution in [2.24, 2.45) is 5.41 Å². The SMILES string of the molecule is Nc1ncc2ncn(CC3(C=CO[P+](=O)O)CC3)c2n1. The fourth-order valence-electron chi connectivity index (χ4n) is 2.09. The number of nitrogen functional groups attached to an aromatic ring is 1. The fraction of sp³-hybridized carbons (Fsp3) is 0.364. The molecule has 2 aromatic heterocycles. The highest BCUT2D eigenvalue weighted by Gasteiger charge is 2.41. The highest BCUT2D eigenvalue weighted by Crippen LogP contribution is 2.49. The van der Waals surface area contributed by atoms with E-state index >= 15 is 0 Å². The van der Waals surface area contributed by atoms with Crippen molar-refractivity contribution in [1.29, 1.82) is 0 Å². The molecular weight excluding hydrogens is 281 g/mol. The Balaban J connectivity index is 1.81. The first-order valence-corrected chi connectivity index (χ1v) is 7.15.